The van der Waals surface area contributed by atoms with Gasteiger partial charge in [-0.1, -0.05) is 19.3 Å². The van der Waals surface area contributed by atoms with Crippen LogP contribution in [0.4, 0.5) is 10.3 Å². The molecular formula is C11H15ClFN3. The van der Waals surface area contributed by atoms with Gasteiger partial charge in [0.05, 0.1) is 17.8 Å². The average molecular weight is 244 g/mol. The maximum absolute atomic E-state index is 12.6. The quantitative estimate of drug-likeness (QED) is 0.641. The molecule has 5 heteroatoms. The summed E-state index contributed by atoms with van der Waals surface area (Å²) in [6.45, 7) is 0. The van der Waals surface area contributed by atoms with Crippen LogP contribution in [0.25, 0.3) is 0 Å². The SMILES string of the molecule is Fc1cnc(NC2CCCCCC2Cl)nc1. The van der Waals surface area contributed by atoms with Gasteiger partial charge in [-0.05, 0) is 12.8 Å². The molecule has 1 saturated carbocycles. The Balaban J connectivity index is 1.99. The van der Waals surface area contributed by atoms with Crippen molar-refractivity contribution >= 4 is 17.5 Å². The van der Waals surface area contributed by atoms with Crippen LogP contribution in [0.1, 0.15) is 32.1 Å². The van der Waals surface area contributed by atoms with Crippen LogP contribution in [0.2, 0.25) is 0 Å². The minimum Gasteiger partial charge on any atom is -0.350 e. The molecule has 2 unspecified atom stereocenters. The molecule has 1 aliphatic carbocycles. The van der Waals surface area contributed by atoms with E-state index >= 15 is 0 Å². The molecule has 1 aromatic rings. The highest BCUT2D eigenvalue weighted by Gasteiger charge is 2.22. The molecule has 16 heavy (non-hydrogen) atoms. The molecule has 0 radical (unpaired) electrons. The van der Waals surface area contributed by atoms with Crippen molar-refractivity contribution in [1.29, 1.82) is 0 Å². The highest BCUT2D eigenvalue weighted by molar-refractivity contribution is 6.21. The average Bonchev–Trinajstić information content (AvgIpc) is 2.48. The molecule has 2 rings (SSSR count). The molecule has 1 fully saturated rings. The second kappa shape index (κ2) is 5.43. The Kier molecular flexibility index (Phi) is 3.93. The van der Waals surface area contributed by atoms with Gasteiger partial charge in [-0.2, -0.15) is 0 Å². The van der Waals surface area contributed by atoms with E-state index in [0.717, 1.165) is 25.2 Å². The number of alkyl halides is 1. The Morgan fingerprint density at radius 2 is 1.88 bits per heavy atom. The highest BCUT2D eigenvalue weighted by Crippen LogP contribution is 2.24. The van der Waals surface area contributed by atoms with Crippen LogP contribution in [0.5, 0.6) is 0 Å². The van der Waals surface area contributed by atoms with Crippen molar-refractivity contribution in [1.82, 2.24) is 9.97 Å². The van der Waals surface area contributed by atoms with Crippen LogP contribution in [0.3, 0.4) is 0 Å². The molecule has 88 valence electrons. The topological polar surface area (TPSA) is 37.8 Å². The number of nitrogens with zero attached hydrogens (tertiary/aromatic N) is 2. The maximum Gasteiger partial charge on any atom is 0.223 e. The monoisotopic (exact) mass is 243 g/mol. The lowest BCUT2D eigenvalue weighted by Crippen LogP contribution is -2.29. The van der Waals surface area contributed by atoms with Gasteiger partial charge in [-0.25, -0.2) is 14.4 Å². The first-order chi connectivity index (χ1) is 7.75. The summed E-state index contributed by atoms with van der Waals surface area (Å²) in [6, 6.07) is 0.189. The van der Waals surface area contributed by atoms with Gasteiger partial charge < -0.3 is 5.32 Å². The van der Waals surface area contributed by atoms with Crippen molar-refractivity contribution in [3.63, 3.8) is 0 Å². The number of hydrogen-bond acceptors (Lipinski definition) is 3. The third-order valence-electron chi connectivity index (χ3n) is 2.87. The Morgan fingerprint density at radius 3 is 2.62 bits per heavy atom. The van der Waals surface area contributed by atoms with Gasteiger partial charge in [-0.3, -0.25) is 0 Å². The smallest absolute Gasteiger partial charge is 0.223 e. The summed E-state index contributed by atoms with van der Waals surface area (Å²) in [5.41, 5.74) is 0. The van der Waals surface area contributed by atoms with E-state index < -0.39 is 5.82 Å². The standard InChI is InChI=1S/C11H15ClFN3/c12-9-4-2-1-3-5-10(9)16-11-14-6-8(13)7-15-11/h6-7,9-10H,1-5H2,(H,14,15,16). The number of nitrogens with one attached hydrogen (secondary N) is 1. The normalized spacial score (nSPS) is 26.1. The zero-order valence-corrected chi connectivity index (χ0v) is 9.75. The first-order valence-corrected chi connectivity index (χ1v) is 6.07. The van der Waals surface area contributed by atoms with Crippen molar-refractivity contribution in [3.05, 3.63) is 18.2 Å². The molecule has 2 atom stereocenters. The van der Waals surface area contributed by atoms with Gasteiger partial charge in [0, 0.05) is 6.04 Å². The third kappa shape index (κ3) is 3.04. The van der Waals surface area contributed by atoms with Crippen molar-refractivity contribution < 1.29 is 4.39 Å². The van der Waals surface area contributed by atoms with E-state index in [1.54, 1.807) is 0 Å². The van der Waals surface area contributed by atoms with Crippen molar-refractivity contribution in [3.8, 4) is 0 Å². The molecule has 0 aromatic carbocycles. The fraction of sp³-hybridized carbons (Fsp3) is 0.636. The second-order valence-corrected chi connectivity index (χ2v) is 4.69. The van der Waals surface area contributed by atoms with Gasteiger partial charge in [0.15, 0.2) is 5.82 Å². The Morgan fingerprint density at radius 1 is 1.19 bits per heavy atom. The van der Waals surface area contributed by atoms with Crippen molar-refractivity contribution in [2.75, 3.05) is 5.32 Å². The minimum absolute atomic E-state index is 0.108. The number of hydrogen-bond donors (Lipinski definition) is 1. The van der Waals surface area contributed by atoms with Gasteiger partial charge in [0.1, 0.15) is 0 Å². The number of aromatic nitrogens is 2. The van der Waals surface area contributed by atoms with Gasteiger partial charge in [0.2, 0.25) is 5.95 Å². The molecule has 1 aliphatic rings. The van der Waals surface area contributed by atoms with Crippen LogP contribution < -0.4 is 5.32 Å². The highest BCUT2D eigenvalue weighted by atomic mass is 35.5. The molecule has 3 nitrogen and oxygen atoms in total. The predicted molar refractivity (Wildman–Crippen MR) is 62.1 cm³/mol. The molecule has 1 aromatic heterocycles. The van der Waals surface area contributed by atoms with E-state index in [0.29, 0.717) is 5.95 Å². The van der Waals surface area contributed by atoms with Crippen LogP contribution >= 0.6 is 11.6 Å². The predicted octanol–water partition coefficient (Wildman–Crippen LogP) is 2.97. The van der Waals surface area contributed by atoms with Crippen LogP contribution in [-0.2, 0) is 0 Å². The molecular weight excluding hydrogens is 229 g/mol. The maximum atomic E-state index is 12.6. The zero-order valence-electron chi connectivity index (χ0n) is 9.00. The molecule has 0 amide bonds. The van der Waals surface area contributed by atoms with E-state index in [9.17, 15) is 4.39 Å². The summed E-state index contributed by atoms with van der Waals surface area (Å²) in [5, 5.41) is 3.28. The summed E-state index contributed by atoms with van der Waals surface area (Å²) in [7, 11) is 0. The largest absolute Gasteiger partial charge is 0.350 e. The third-order valence-corrected chi connectivity index (χ3v) is 3.39. The van der Waals surface area contributed by atoms with Gasteiger partial charge >= 0.3 is 0 Å². The van der Waals surface area contributed by atoms with Crippen molar-refractivity contribution in [2.45, 2.75) is 43.5 Å². The van der Waals surface area contributed by atoms with E-state index in [1.807, 2.05) is 0 Å². The van der Waals surface area contributed by atoms with Gasteiger partial charge in [-0.15, -0.1) is 11.6 Å². The summed E-state index contributed by atoms with van der Waals surface area (Å²) in [5.74, 6) is 0.0350. The molecule has 0 bridgehead atoms. The molecule has 1 N–H and O–H groups in total. The molecule has 0 saturated heterocycles. The lowest BCUT2D eigenvalue weighted by atomic mass is 10.1. The number of halogens is 2. The minimum atomic E-state index is -0.422. The summed E-state index contributed by atoms with van der Waals surface area (Å²) in [6.07, 6.45) is 7.93. The molecule has 0 spiro atoms. The second-order valence-electron chi connectivity index (χ2n) is 4.13. The zero-order chi connectivity index (χ0) is 11.4. The lowest BCUT2D eigenvalue weighted by molar-refractivity contribution is 0.604. The van der Waals surface area contributed by atoms with Crippen LogP contribution in [-0.4, -0.2) is 21.4 Å². The number of anilines is 1. The summed E-state index contributed by atoms with van der Waals surface area (Å²) in [4.78, 5) is 7.76. The Hall–Kier alpha value is -0.900. The Labute approximate surface area is 99.4 Å². The number of rotatable bonds is 2. The van der Waals surface area contributed by atoms with Crippen LogP contribution in [0, 0.1) is 5.82 Å². The fourth-order valence-electron chi connectivity index (χ4n) is 1.98. The lowest BCUT2D eigenvalue weighted by Gasteiger charge is -2.20. The molecule has 0 aliphatic heterocycles. The van der Waals surface area contributed by atoms with E-state index in [1.165, 1.54) is 19.3 Å². The summed E-state index contributed by atoms with van der Waals surface area (Å²) < 4.78 is 12.6. The summed E-state index contributed by atoms with van der Waals surface area (Å²) >= 11 is 6.28. The van der Waals surface area contributed by atoms with E-state index in [2.05, 4.69) is 15.3 Å². The van der Waals surface area contributed by atoms with E-state index in [4.69, 9.17) is 11.6 Å². The fourth-order valence-corrected chi connectivity index (χ4v) is 2.32. The Bertz CT molecular complexity index is 331. The van der Waals surface area contributed by atoms with Gasteiger partial charge in [0.25, 0.3) is 0 Å². The van der Waals surface area contributed by atoms with Crippen LogP contribution in [0.15, 0.2) is 12.4 Å². The first-order valence-electron chi connectivity index (χ1n) is 5.64. The first kappa shape index (κ1) is 11.6. The molecule has 1 heterocycles. The van der Waals surface area contributed by atoms with Crippen molar-refractivity contribution in [2.24, 2.45) is 0 Å². The van der Waals surface area contributed by atoms with E-state index in [-0.39, 0.29) is 11.4 Å².